The van der Waals surface area contributed by atoms with Crippen LogP contribution in [0.3, 0.4) is 0 Å². The molecule has 0 radical (unpaired) electrons. The van der Waals surface area contributed by atoms with E-state index in [1.165, 1.54) is 12.1 Å². The smallest absolute Gasteiger partial charge is 0.387 e. The van der Waals surface area contributed by atoms with Gasteiger partial charge >= 0.3 is 6.61 Å². The summed E-state index contributed by atoms with van der Waals surface area (Å²) in [5.41, 5.74) is 1.96. The molecular formula is C22H20F2N4O3. The minimum absolute atomic E-state index is 0.0516. The maximum atomic E-state index is 13.0. The fourth-order valence-electron chi connectivity index (χ4n) is 4.17. The normalized spacial score (nSPS) is 18.0. The summed E-state index contributed by atoms with van der Waals surface area (Å²) >= 11 is 0. The van der Waals surface area contributed by atoms with Gasteiger partial charge in [0.25, 0.3) is 0 Å². The maximum absolute atomic E-state index is 13.0. The Balaban J connectivity index is 1.52. The third-order valence-electron chi connectivity index (χ3n) is 5.70. The highest BCUT2D eigenvalue weighted by molar-refractivity contribution is 6.15. The summed E-state index contributed by atoms with van der Waals surface area (Å²) in [6.45, 7) is -1.22. The van der Waals surface area contributed by atoms with E-state index in [4.69, 9.17) is 9.47 Å². The maximum Gasteiger partial charge on any atom is 0.387 e. The number of nitrogens with zero attached hydrogens (tertiary/aromatic N) is 2. The molecule has 7 nitrogen and oxygen atoms in total. The Kier molecular flexibility index (Phi) is 5.11. The molecule has 31 heavy (non-hydrogen) atoms. The average Bonchev–Trinajstić information content (AvgIpc) is 3.32. The molecule has 0 amide bonds. The van der Waals surface area contributed by atoms with E-state index in [0.717, 1.165) is 31.3 Å². The summed E-state index contributed by atoms with van der Waals surface area (Å²) in [7, 11) is 0. The molecule has 4 heterocycles. The van der Waals surface area contributed by atoms with Gasteiger partial charge in [0.1, 0.15) is 11.5 Å². The number of hydrogen-bond acceptors (Lipinski definition) is 6. The van der Waals surface area contributed by atoms with Crippen molar-refractivity contribution in [3.8, 4) is 11.5 Å². The second-order valence-electron chi connectivity index (χ2n) is 7.64. The van der Waals surface area contributed by atoms with E-state index in [0.29, 0.717) is 40.6 Å². The number of aromatic nitrogens is 3. The Bertz CT molecular complexity index is 1170. The summed E-state index contributed by atoms with van der Waals surface area (Å²) in [6.07, 6.45) is 5.52. The lowest BCUT2D eigenvalue weighted by molar-refractivity contribution is -0.0506. The molecule has 9 heteroatoms. The Morgan fingerprint density at radius 2 is 2.10 bits per heavy atom. The lowest BCUT2D eigenvalue weighted by atomic mass is 9.89. The predicted octanol–water partition coefficient (Wildman–Crippen LogP) is 3.72. The molecule has 2 N–H and O–H groups in total. The zero-order valence-corrected chi connectivity index (χ0v) is 16.5. The van der Waals surface area contributed by atoms with E-state index < -0.39 is 6.61 Å². The number of ether oxygens (including phenoxy) is 2. The first kappa shape index (κ1) is 19.6. The Labute approximate surface area is 176 Å². The third-order valence-corrected chi connectivity index (χ3v) is 5.70. The summed E-state index contributed by atoms with van der Waals surface area (Å²) in [4.78, 5) is 17.2. The molecule has 0 bridgehead atoms. The lowest BCUT2D eigenvalue weighted by Crippen LogP contribution is -2.28. The van der Waals surface area contributed by atoms with Crippen LogP contribution >= 0.6 is 0 Å². The number of fused-ring (bicyclic) bond motifs is 2. The predicted molar refractivity (Wildman–Crippen MR) is 109 cm³/mol. The number of pyridine rings is 1. The van der Waals surface area contributed by atoms with Crippen molar-refractivity contribution in [3.05, 3.63) is 53.0 Å². The molecule has 0 saturated carbocycles. The second kappa shape index (κ2) is 8.07. The van der Waals surface area contributed by atoms with Gasteiger partial charge < -0.3 is 14.8 Å². The van der Waals surface area contributed by atoms with E-state index in [-0.39, 0.29) is 17.3 Å². The van der Waals surface area contributed by atoms with Gasteiger partial charge in [0.05, 0.1) is 11.3 Å². The van der Waals surface area contributed by atoms with E-state index in [9.17, 15) is 13.6 Å². The van der Waals surface area contributed by atoms with Gasteiger partial charge in [-0.15, -0.1) is 0 Å². The number of piperidine rings is 1. The van der Waals surface area contributed by atoms with E-state index >= 15 is 0 Å². The van der Waals surface area contributed by atoms with Crippen molar-refractivity contribution < 1.29 is 23.0 Å². The molecule has 0 aliphatic carbocycles. The van der Waals surface area contributed by atoms with Gasteiger partial charge in [-0.05, 0) is 62.5 Å². The van der Waals surface area contributed by atoms with Gasteiger partial charge in [0, 0.05) is 23.2 Å². The Hall–Kier alpha value is -3.33. The van der Waals surface area contributed by atoms with E-state index in [1.54, 1.807) is 18.3 Å². The van der Waals surface area contributed by atoms with Crippen LogP contribution in [0.4, 0.5) is 8.78 Å². The number of allylic oxidation sites excluding steroid dienone is 1. The molecule has 1 aromatic carbocycles. The minimum atomic E-state index is -2.96. The molecule has 5 rings (SSSR count). The number of nitrogens with one attached hydrogen (secondary N) is 2. The SMILES string of the molecule is O=C1/C(=C/c2n[nH]c3ncccc23)Oc2c1ccc(OC(F)F)c2CC1CCNCC1. The molecule has 1 fully saturated rings. The molecule has 1 saturated heterocycles. The van der Waals surface area contributed by atoms with Gasteiger partial charge in [0.15, 0.2) is 11.4 Å². The number of hydrogen-bond donors (Lipinski definition) is 2. The Morgan fingerprint density at radius 1 is 1.26 bits per heavy atom. The van der Waals surface area contributed by atoms with Crippen molar-refractivity contribution >= 4 is 22.9 Å². The number of carbonyl (C=O) groups is 1. The largest absolute Gasteiger partial charge is 0.452 e. The zero-order chi connectivity index (χ0) is 21.4. The molecule has 160 valence electrons. The highest BCUT2D eigenvalue weighted by Gasteiger charge is 2.33. The van der Waals surface area contributed by atoms with Crippen molar-refractivity contribution in [1.82, 2.24) is 20.5 Å². The number of halogens is 2. The molecular weight excluding hydrogens is 406 g/mol. The molecule has 2 aliphatic rings. The van der Waals surface area contributed by atoms with Crippen LogP contribution in [0.5, 0.6) is 11.5 Å². The number of H-pyrrole nitrogens is 1. The van der Waals surface area contributed by atoms with Crippen molar-refractivity contribution in [2.24, 2.45) is 5.92 Å². The Morgan fingerprint density at radius 3 is 2.90 bits per heavy atom. The van der Waals surface area contributed by atoms with Crippen molar-refractivity contribution in [2.45, 2.75) is 25.9 Å². The van der Waals surface area contributed by atoms with E-state index in [2.05, 4.69) is 20.5 Å². The standard InChI is InChI=1S/C22H20F2N4O3/c23-22(24)31-17-4-3-14-19(29)18(11-16-13-2-1-7-26-21(13)28-27-16)30-20(14)15(17)10-12-5-8-25-9-6-12/h1-4,7,11-12,22,25H,5-6,8-10H2,(H,26,27,28)/b18-11-. The van der Waals surface area contributed by atoms with Crippen LogP contribution < -0.4 is 14.8 Å². The first-order chi connectivity index (χ1) is 15.1. The number of benzene rings is 1. The topological polar surface area (TPSA) is 89.1 Å². The van der Waals surface area contributed by atoms with Gasteiger partial charge in [-0.3, -0.25) is 9.89 Å². The van der Waals surface area contributed by atoms with Crippen LogP contribution in [0.1, 0.15) is 34.5 Å². The highest BCUT2D eigenvalue weighted by atomic mass is 19.3. The molecule has 2 aliphatic heterocycles. The molecule has 3 aromatic rings. The first-order valence-corrected chi connectivity index (χ1v) is 10.1. The van der Waals surface area contributed by atoms with Crippen molar-refractivity contribution in [1.29, 1.82) is 0 Å². The molecule has 0 unspecified atom stereocenters. The van der Waals surface area contributed by atoms with Crippen LogP contribution in [0.15, 0.2) is 36.2 Å². The first-order valence-electron chi connectivity index (χ1n) is 10.1. The second-order valence-corrected chi connectivity index (χ2v) is 7.64. The van der Waals surface area contributed by atoms with Crippen LogP contribution in [0, 0.1) is 5.92 Å². The fraction of sp³-hybridized carbons (Fsp3) is 0.318. The summed E-state index contributed by atoms with van der Waals surface area (Å²) in [5, 5.41) is 11.1. The third kappa shape index (κ3) is 3.76. The van der Waals surface area contributed by atoms with Crippen LogP contribution in [0.2, 0.25) is 0 Å². The fourth-order valence-corrected chi connectivity index (χ4v) is 4.17. The number of alkyl halides is 2. The van der Waals surface area contributed by atoms with Crippen LogP contribution in [-0.4, -0.2) is 40.7 Å². The molecule has 0 atom stereocenters. The quantitative estimate of drug-likeness (QED) is 0.605. The zero-order valence-electron chi connectivity index (χ0n) is 16.5. The van der Waals surface area contributed by atoms with Gasteiger partial charge in [-0.1, -0.05) is 0 Å². The number of rotatable bonds is 5. The van der Waals surface area contributed by atoms with E-state index in [1.807, 2.05) is 6.07 Å². The number of ketones is 1. The summed E-state index contributed by atoms with van der Waals surface area (Å²) < 4.78 is 36.7. The molecule has 0 spiro atoms. The highest BCUT2D eigenvalue weighted by Crippen LogP contribution is 2.42. The monoisotopic (exact) mass is 426 g/mol. The van der Waals surface area contributed by atoms with Crippen LogP contribution in [-0.2, 0) is 6.42 Å². The van der Waals surface area contributed by atoms with Crippen LogP contribution in [0.25, 0.3) is 17.1 Å². The lowest BCUT2D eigenvalue weighted by Gasteiger charge is -2.24. The summed E-state index contributed by atoms with van der Waals surface area (Å²) in [6, 6.07) is 6.52. The number of aromatic amines is 1. The van der Waals surface area contributed by atoms with Crippen molar-refractivity contribution in [3.63, 3.8) is 0 Å². The van der Waals surface area contributed by atoms with Gasteiger partial charge in [0.2, 0.25) is 5.78 Å². The number of carbonyl (C=O) groups excluding carboxylic acids is 1. The minimum Gasteiger partial charge on any atom is -0.452 e. The molecule has 2 aromatic heterocycles. The van der Waals surface area contributed by atoms with Gasteiger partial charge in [-0.25, -0.2) is 4.98 Å². The van der Waals surface area contributed by atoms with Gasteiger partial charge in [-0.2, -0.15) is 13.9 Å². The average molecular weight is 426 g/mol. The van der Waals surface area contributed by atoms with Crippen molar-refractivity contribution in [2.75, 3.05) is 13.1 Å². The summed E-state index contributed by atoms with van der Waals surface area (Å²) in [5.74, 6) is 0.417. The number of Topliss-reactive ketones (excluding diaryl/α,β-unsaturated/α-hetero) is 1.